The molecule has 1 heterocycles. The van der Waals surface area contributed by atoms with Gasteiger partial charge in [-0.3, -0.25) is 14.2 Å². The van der Waals surface area contributed by atoms with Crippen molar-refractivity contribution in [3.63, 3.8) is 0 Å². The fraction of sp³-hybridized carbons (Fsp3) is 0.0909. The van der Waals surface area contributed by atoms with E-state index in [0.29, 0.717) is 5.69 Å². The lowest BCUT2D eigenvalue weighted by molar-refractivity contribution is 0.627. The second-order valence-electron chi connectivity index (χ2n) is 3.37. The molecule has 1 aromatic heterocycles. The van der Waals surface area contributed by atoms with Crippen LogP contribution in [0, 0.1) is 5.82 Å². The molecule has 0 spiro atoms. The monoisotopic (exact) mass is 220 g/mol. The number of rotatable bonds is 1. The SMILES string of the molecule is Cn1ccn(-c2ccc(F)cc2)c(=O)c1=O. The number of aryl methyl sites for hydroxylation is 1. The molecule has 0 saturated carbocycles. The zero-order chi connectivity index (χ0) is 11.7. The topological polar surface area (TPSA) is 44.0 Å². The van der Waals surface area contributed by atoms with Crippen molar-refractivity contribution in [2.75, 3.05) is 0 Å². The number of benzene rings is 1. The van der Waals surface area contributed by atoms with Gasteiger partial charge in [0.25, 0.3) is 0 Å². The normalized spacial score (nSPS) is 10.4. The molecule has 0 radical (unpaired) electrons. The minimum absolute atomic E-state index is 0.388. The van der Waals surface area contributed by atoms with E-state index >= 15 is 0 Å². The second kappa shape index (κ2) is 3.77. The summed E-state index contributed by atoms with van der Waals surface area (Å²) >= 11 is 0. The first kappa shape index (κ1) is 10.4. The average Bonchev–Trinajstić information content (AvgIpc) is 2.28. The van der Waals surface area contributed by atoms with E-state index < -0.39 is 11.1 Å². The zero-order valence-corrected chi connectivity index (χ0v) is 8.55. The van der Waals surface area contributed by atoms with Crippen LogP contribution in [0.3, 0.4) is 0 Å². The highest BCUT2D eigenvalue weighted by atomic mass is 19.1. The Balaban J connectivity index is 2.66. The molecule has 0 amide bonds. The van der Waals surface area contributed by atoms with Crippen LogP contribution in [0.15, 0.2) is 46.2 Å². The highest BCUT2D eigenvalue weighted by Crippen LogP contribution is 2.05. The van der Waals surface area contributed by atoms with Gasteiger partial charge < -0.3 is 4.57 Å². The smallest absolute Gasteiger partial charge is 0.312 e. The fourth-order valence-corrected chi connectivity index (χ4v) is 1.36. The van der Waals surface area contributed by atoms with Crippen LogP contribution in [0.4, 0.5) is 4.39 Å². The molecule has 0 unspecified atom stereocenters. The lowest BCUT2D eigenvalue weighted by atomic mass is 10.3. The van der Waals surface area contributed by atoms with Crippen LogP contribution < -0.4 is 11.1 Å². The Morgan fingerprint density at radius 1 is 1.00 bits per heavy atom. The van der Waals surface area contributed by atoms with Gasteiger partial charge in [-0.15, -0.1) is 0 Å². The lowest BCUT2D eigenvalue weighted by Gasteiger charge is -2.05. The number of aromatic nitrogens is 2. The van der Waals surface area contributed by atoms with Crippen LogP contribution in [0.5, 0.6) is 0 Å². The summed E-state index contributed by atoms with van der Waals surface area (Å²) < 4.78 is 15.1. The molecule has 1 aromatic carbocycles. The first-order chi connectivity index (χ1) is 7.59. The van der Waals surface area contributed by atoms with Crippen molar-refractivity contribution in [3.8, 4) is 5.69 Å². The van der Waals surface area contributed by atoms with Crippen molar-refractivity contribution in [1.29, 1.82) is 0 Å². The number of nitrogens with zero attached hydrogens (tertiary/aromatic N) is 2. The molecule has 2 rings (SSSR count). The van der Waals surface area contributed by atoms with Crippen molar-refractivity contribution < 1.29 is 4.39 Å². The maximum absolute atomic E-state index is 12.7. The molecule has 0 fully saturated rings. The average molecular weight is 220 g/mol. The molecular weight excluding hydrogens is 211 g/mol. The van der Waals surface area contributed by atoms with E-state index in [1.54, 1.807) is 0 Å². The van der Waals surface area contributed by atoms with Crippen molar-refractivity contribution in [2.24, 2.45) is 7.05 Å². The van der Waals surface area contributed by atoms with Gasteiger partial charge in [0.05, 0.1) is 0 Å². The Labute approximate surface area is 90.2 Å². The van der Waals surface area contributed by atoms with Crippen LogP contribution in [0.2, 0.25) is 0 Å². The van der Waals surface area contributed by atoms with E-state index in [4.69, 9.17) is 0 Å². The van der Waals surface area contributed by atoms with Gasteiger partial charge >= 0.3 is 11.1 Å². The molecule has 0 aliphatic carbocycles. The van der Waals surface area contributed by atoms with E-state index in [1.807, 2.05) is 0 Å². The summed E-state index contributed by atoms with van der Waals surface area (Å²) in [5.74, 6) is -0.388. The van der Waals surface area contributed by atoms with Gasteiger partial charge in [-0.2, -0.15) is 0 Å². The van der Waals surface area contributed by atoms with E-state index in [9.17, 15) is 14.0 Å². The van der Waals surface area contributed by atoms with Gasteiger partial charge in [-0.1, -0.05) is 0 Å². The minimum Gasteiger partial charge on any atom is -0.312 e. The molecule has 0 aliphatic rings. The van der Waals surface area contributed by atoms with Crippen molar-refractivity contribution in [3.05, 3.63) is 63.2 Å². The molecule has 0 N–H and O–H groups in total. The molecule has 2 aromatic rings. The molecule has 82 valence electrons. The lowest BCUT2D eigenvalue weighted by Crippen LogP contribution is -2.38. The summed E-state index contributed by atoms with van der Waals surface area (Å²) in [6.07, 6.45) is 2.95. The van der Waals surface area contributed by atoms with E-state index in [-0.39, 0.29) is 5.82 Å². The third kappa shape index (κ3) is 1.67. The summed E-state index contributed by atoms with van der Waals surface area (Å²) in [5.41, 5.74) is -0.812. The quantitative estimate of drug-likeness (QED) is 0.663. The van der Waals surface area contributed by atoms with Crippen LogP contribution in [0.25, 0.3) is 5.69 Å². The third-order valence-corrected chi connectivity index (χ3v) is 2.27. The third-order valence-electron chi connectivity index (χ3n) is 2.27. The molecule has 16 heavy (non-hydrogen) atoms. The van der Waals surface area contributed by atoms with Crippen molar-refractivity contribution >= 4 is 0 Å². The number of hydrogen-bond donors (Lipinski definition) is 0. The van der Waals surface area contributed by atoms with Crippen LogP contribution >= 0.6 is 0 Å². The van der Waals surface area contributed by atoms with Crippen LogP contribution in [-0.2, 0) is 7.05 Å². The highest BCUT2D eigenvalue weighted by molar-refractivity contribution is 5.31. The van der Waals surface area contributed by atoms with Crippen molar-refractivity contribution in [2.45, 2.75) is 0 Å². The van der Waals surface area contributed by atoms with Gasteiger partial charge in [0.2, 0.25) is 0 Å². The summed E-state index contributed by atoms with van der Waals surface area (Å²) in [5, 5.41) is 0. The molecular formula is C11H9FN2O2. The predicted octanol–water partition coefficient (Wildman–Crippen LogP) is 0.675. The molecule has 0 atom stereocenters. The molecule has 0 bridgehead atoms. The van der Waals surface area contributed by atoms with Crippen LogP contribution in [-0.4, -0.2) is 9.13 Å². The number of halogens is 1. The minimum atomic E-state index is -0.656. The summed E-state index contributed by atoms with van der Waals surface area (Å²) in [6, 6.07) is 5.35. The maximum atomic E-state index is 12.7. The largest absolute Gasteiger partial charge is 0.320 e. The summed E-state index contributed by atoms with van der Waals surface area (Å²) in [4.78, 5) is 23.0. The Hall–Kier alpha value is -2.17. The van der Waals surface area contributed by atoms with Crippen molar-refractivity contribution in [1.82, 2.24) is 9.13 Å². The first-order valence-corrected chi connectivity index (χ1v) is 4.64. The molecule has 0 aliphatic heterocycles. The standard InChI is InChI=1S/C11H9FN2O2/c1-13-6-7-14(11(16)10(13)15)9-4-2-8(12)3-5-9/h2-7H,1H3. The molecule has 5 heteroatoms. The van der Waals surface area contributed by atoms with Gasteiger partial charge in [0.1, 0.15) is 5.82 Å². The number of hydrogen-bond acceptors (Lipinski definition) is 2. The fourth-order valence-electron chi connectivity index (χ4n) is 1.36. The summed E-state index contributed by atoms with van der Waals surface area (Å²) in [6.45, 7) is 0. The maximum Gasteiger partial charge on any atom is 0.320 e. The van der Waals surface area contributed by atoms with E-state index in [0.717, 1.165) is 0 Å². The van der Waals surface area contributed by atoms with E-state index in [1.165, 1.54) is 52.8 Å². The van der Waals surface area contributed by atoms with E-state index in [2.05, 4.69) is 0 Å². The Kier molecular flexibility index (Phi) is 2.44. The Morgan fingerprint density at radius 2 is 1.62 bits per heavy atom. The first-order valence-electron chi connectivity index (χ1n) is 4.64. The van der Waals surface area contributed by atoms with Gasteiger partial charge in [-0.05, 0) is 24.3 Å². The molecule has 4 nitrogen and oxygen atoms in total. The van der Waals surface area contributed by atoms with Gasteiger partial charge in [-0.25, -0.2) is 4.39 Å². The Morgan fingerprint density at radius 3 is 2.25 bits per heavy atom. The van der Waals surface area contributed by atoms with Gasteiger partial charge in [0, 0.05) is 25.1 Å². The Bertz CT molecular complexity index is 626. The molecule has 0 saturated heterocycles. The second-order valence-corrected chi connectivity index (χ2v) is 3.37. The highest BCUT2D eigenvalue weighted by Gasteiger charge is 2.04. The van der Waals surface area contributed by atoms with Crippen LogP contribution in [0.1, 0.15) is 0 Å². The van der Waals surface area contributed by atoms with Gasteiger partial charge in [0.15, 0.2) is 0 Å². The summed E-state index contributed by atoms with van der Waals surface area (Å²) in [7, 11) is 1.50. The predicted molar refractivity (Wildman–Crippen MR) is 57.2 cm³/mol. The zero-order valence-electron chi connectivity index (χ0n) is 8.55.